The summed E-state index contributed by atoms with van der Waals surface area (Å²) in [5.74, 6) is -1.39. The molecule has 22 heavy (non-hydrogen) atoms. The predicted molar refractivity (Wildman–Crippen MR) is 84.3 cm³/mol. The lowest BCUT2D eigenvalue weighted by Gasteiger charge is -2.15. The number of aromatic carboxylic acids is 1. The molecule has 0 spiro atoms. The Hall–Kier alpha value is -2.28. The number of H-pyrrole nitrogens is 1. The van der Waals surface area contributed by atoms with Crippen LogP contribution < -0.4 is 10.1 Å². The van der Waals surface area contributed by atoms with Crippen LogP contribution in [0.2, 0.25) is 0 Å². The van der Waals surface area contributed by atoms with Crippen LogP contribution in [0.25, 0.3) is 0 Å². The fourth-order valence-electron chi connectivity index (χ4n) is 1.93. The number of aromatic nitrogens is 1. The molecular formula is C15H15BrN2O4. The number of nitrogens with one attached hydrogen (secondary N) is 2. The summed E-state index contributed by atoms with van der Waals surface area (Å²) in [6.07, 6.45) is -0.339. The predicted octanol–water partition coefficient (Wildman–Crippen LogP) is 2.98. The first-order valence-electron chi connectivity index (χ1n) is 6.53. The van der Waals surface area contributed by atoms with Crippen LogP contribution in [0, 0.1) is 0 Å². The van der Waals surface area contributed by atoms with E-state index in [9.17, 15) is 9.59 Å². The minimum absolute atomic E-state index is 0.0869. The molecule has 0 bridgehead atoms. The zero-order chi connectivity index (χ0) is 16.3. The minimum Gasteiger partial charge on any atom is -0.484 e. The van der Waals surface area contributed by atoms with Gasteiger partial charge in [0.25, 0.3) is 5.91 Å². The van der Waals surface area contributed by atoms with E-state index >= 15 is 0 Å². The highest BCUT2D eigenvalue weighted by Crippen LogP contribution is 2.27. The van der Waals surface area contributed by atoms with Crippen LogP contribution in [0.5, 0.6) is 5.75 Å². The lowest BCUT2D eigenvalue weighted by atomic mass is 10.1. The Morgan fingerprint density at radius 1 is 1.32 bits per heavy atom. The molecule has 2 rings (SSSR count). The Kier molecular flexibility index (Phi) is 4.87. The highest BCUT2D eigenvalue weighted by atomic mass is 79.9. The standard InChI is InChI=1S/C15H15BrN2O4/c1-8(9-3-5-10(16)6-4-9)22-12-7-11(15(20)21)18-13(12)14(19)17-2/h3-8,18H,1-2H3,(H,17,19)(H,20,21). The molecule has 1 heterocycles. The van der Waals surface area contributed by atoms with Gasteiger partial charge in [0.2, 0.25) is 0 Å². The second-order valence-electron chi connectivity index (χ2n) is 4.62. The van der Waals surface area contributed by atoms with Gasteiger partial charge >= 0.3 is 5.97 Å². The topological polar surface area (TPSA) is 91.4 Å². The van der Waals surface area contributed by atoms with E-state index in [1.54, 1.807) is 0 Å². The molecule has 0 radical (unpaired) electrons. The van der Waals surface area contributed by atoms with Gasteiger partial charge in [0, 0.05) is 17.6 Å². The monoisotopic (exact) mass is 366 g/mol. The fraction of sp³-hybridized carbons (Fsp3) is 0.200. The molecule has 1 aromatic heterocycles. The van der Waals surface area contributed by atoms with Crippen LogP contribution in [0.1, 0.15) is 39.6 Å². The molecule has 1 unspecified atom stereocenters. The van der Waals surface area contributed by atoms with E-state index in [0.717, 1.165) is 10.0 Å². The van der Waals surface area contributed by atoms with Crippen LogP contribution in [0.3, 0.4) is 0 Å². The maximum absolute atomic E-state index is 11.8. The number of hydrogen-bond acceptors (Lipinski definition) is 3. The molecule has 0 aliphatic rings. The number of carbonyl (C=O) groups excluding carboxylic acids is 1. The second-order valence-corrected chi connectivity index (χ2v) is 5.53. The summed E-state index contributed by atoms with van der Waals surface area (Å²) in [7, 11) is 1.46. The van der Waals surface area contributed by atoms with Gasteiger partial charge in [-0.3, -0.25) is 4.79 Å². The molecule has 0 aliphatic heterocycles. The minimum atomic E-state index is -1.16. The molecule has 7 heteroatoms. The number of rotatable bonds is 5. The second kappa shape index (κ2) is 6.65. The van der Waals surface area contributed by atoms with Crippen molar-refractivity contribution in [2.75, 3.05) is 7.05 Å². The lowest BCUT2D eigenvalue weighted by Crippen LogP contribution is -2.19. The average Bonchev–Trinajstić information content (AvgIpc) is 2.91. The molecule has 1 atom stereocenters. The van der Waals surface area contributed by atoms with Crippen molar-refractivity contribution in [3.63, 3.8) is 0 Å². The molecule has 116 valence electrons. The largest absolute Gasteiger partial charge is 0.484 e. The van der Waals surface area contributed by atoms with Gasteiger partial charge in [-0.2, -0.15) is 0 Å². The van der Waals surface area contributed by atoms with Crippen molar-refractivity contribution in [1.82, 2.24) is 10.3 Å². The third-order valence-corrected chi connectivity index (χ3v) is 3.64. The maximum Gasteiger partial charge on any atom is 0.352 e. The normalized spacial score (nSPS) is 11.8. The summed E-state index contributed by atoms with van der Waals surface area (Å²) < 4.78 is 6.70. The third kappa shape index (κ3) is 3.48. The van der Waals surface area contributed by atoms with E-state index in [1.165, 1.54) is 13.1 Å². The lowest BCUT2D eigenvalue weighted by molar-refractivity contribution is 0.0691. The van der Waals surface area contributed by atoms with Crippen LogP contribution in [0.4, 0.5) is 0 Å². The van der Waals surface area contributed by atoms with Gasteiger partial charge in [-0.1, -0.05) is 28.1 Å². The van der Waals surface area contributed by atoms with E-state index < -0.39 is 11.9 Å². The molecule has 0 saturated carbocycles. The van der Waals surface area contributed by atoms with Crippen LogP contribution >= 0.6 is 15.9 Å². The Labute approximate surface area is 135 Å². The Balaban J connectivity index is 2.29. The summed E-state index contributed by atoms with van der Waals surface area (Å²) in [6, 6.07) is 8.85. The van der Waals surface area contributed by atoms with Gasteiger partial charge in [-0.25, -0.2) is 4.79 Å². The highest BCUT2D eigenvalue weighted by Gasteiger charge is 2.21. The molecule has 1 aromatic carbocycles. The van der Waals surface area contributed by atoms with Crippen molar-refractivity contribution in [3.05, 3.63) is 51.8 Å². The van der Waals surface area contributed by atoms with E-state index in [1.807, 2.05) is 31.2 Å². The van der Waals surface area contributed by atoms with E-state index in [-0.39, 0.29) is 23.2 Å². The molecule has 1 amide bonds. The van der Waals surface area contributed by atoms with Crippen molar-refractivity contribution >= 4 is 27.8 Å². The Morgan fingerprint density at radius 2 is 1.95 bits per heavy atom. The summed E-state index contributed by atoms with van der Waals surface area (Å²) in [4.78, 5) is 25.4. The maximum atomic E-state index is 11.8. The SMILES string of the molecule is CNC(=O)c1[nH]c(C(=O)O)cc1OC(C)c1ccc(Br)cc1. The van der Waals surface area contributed by atoms with Crippen LogP contribution in [-0.2, 0) is 0 Å². The molecule has 0 aliphatic carbocycles. The van der Waals surface area contributed by atoms with Crippen molar-refractivity contribution < 1.29 is 19.4 Å². The van der Waals surface area contributed by atoms with Gasteiger partial charge in [-0.05, 0) is 24.6 Å². The molecule has 0 fully saturated rings. The quantitative estimate of drug-likeness (QED) is 0.758. The highest BCUT2D eigenvalue weighted by molar-refractivity contribution is 9.10. The number of aromatic amines is 1. The van der Waals surface area contributed by atoms with Crippen LogP contribution in [0.15, 0.2) is 34.8 Å². The third-order valence-electron chi connectivity index (χ3n) is 3.11. The summed E-state index contributed by atoms with van der Waals surface area (Å²) in [6.45, 7) is 1.82. The first-order chi connectivity index (χ1) is 10.4. The fourth-order valence-corrected chi connectivity index (χ4v) is 2.19. The van der Waals surface area contributed by atoms with Gasteiger partial charge in [0.15, 0.2) is 5.75 Å². The summed E-state index contributed by atoms with van der Waals surface area (Å²) in [5.41, 5.74) is 0.893. The number of carbonyl (C=O) groups is 2. The van der Waals surface area contributed by atoms with Gasteiger partial charge in [0.1, 0.15) is 17.5 Å². The first-order valence-corrected chi connectivity index (χ1v) is 7.32. The molecule has 6 nitrogen and oxygen atoms in total. The number of benzene rings is 1. The zero-order valence-corrected chi connectivity index (χ0v) is 13.6. The smallest absolute Gasteiger partial charge is 0.352 e. The summed E-state index contributed by atoms with van der Waals surface area (Å²) >= 11 is 3.36. The van der Waals surface area contributed by atoms with Gasteiger partial charge < -0.3 is 20.1 Å². The first kappa shape index (κ1) is 16.1. The number of carboxylic acid groups (broad SMARTS) is 1. The number of hydrogen-bond donors (Lipinski definition) is 3. The molecule has 2 aromatic rings. The van der Waals surface area contributed by atoms with E-state index in [4.69, 9.17) is 9.84 Å². The number of amides is 1. The van der Waals surface area contributed by atoms with E-state index in [2.05, 4.69) is 26.2 Å². The van der Waals surface area contributed by atoms with Gasteiger partial charge in [-0.15, -0.1) is 0 Å². The average molecular weight is 367 g/mol. The summed E-state index contributed by atoms with van der Waals surface area (Å²) in [5, 5.41) is 11.5. The number of halogens is 1. The molecule has 0 saturated heterocycles. The van der Waals surface area contributed by atoms with Crippen molar-refractivity contribution in [2.24, 2.45) is 0 Å². The molecule has 3 N–H and O–H groups in total. The van der Waals surface area contributed by atoms with Crippen molar-refractivity contribution in [3.8, 4) is 5.75 Å². The van der Waals surface area contributed by atoms with Crippen LogP contribution in [-0.4, -0.2) is 29.0 Å². The van der Waals surface area contributed by atoms with E-state index in [0.29, 0.717) is 0 Å². The Morgan fingerprint density at radius 3 is 2.50 bits per heavy atom. The zero-order valence-electron chi connectivity index (χ0n) is 12.0. The van der Waals surface area contributed by atoms with Crippen molar-refractivity contribution in [2.45, 2.75) is 13.0 Å². The van der Waals surface area contributed by atoms with Crippen molar-refractivity contribution in [1.29, 1.82) is 0 Å². The molecular weight excluding hydrogens is 352 g/mol. The van der Waals surface area contributed by atoms with Gasteiger partial charge in [0.05, 0.1) is 0 Å². The number of ether oxygens (including phenoxy) is 1. The number of carboxylic acids is 1. The Bertz CT molecular complexity index is 694.